The van der Waals surface area contributed by atoms with E-state index in [0.717, 1.165) is 11.1 Å². The zero-order valence-corrected chi connectivity index (χ0v) is 16.2. The number of rotatable bonds is 5. The summed E-state index contributed by atoms with van der Waals surface area (Å²) in [6.45, 7) is 1.98. The van der Waals surface area contributed by atoms with Crippen LogP contribution in [0, 0.1) is 17.0 Å². The van der Waals surface area contributed by atoms with Crippen LogP contribution >= 0.6 is 0 Å². The summed E-state index contributed by atoms with van der Waals surface area (Å²) < 4.78 is 11.2. The van der Waals surface area contributed by atoms with Crippen molar-refractivity contribution in [1.82, 2.24) is 4.98 Å². The molecular weight excluding hydrogens is 386 g/mol. The highest BCUT2D eigenvalue weighted by molar-refractivity contribution is 5.87. The molecule has 4 aromatic rings. The van der Waals surface area contributed by atoms with Gasteiger partial charge in [0.15, 0.2) is 5.58 Å². The topological polar surface area (TPSA) is 111 Å². The number of fused-ring (bicyclic) bond motifs is 1. The number of nitro groups is 1. The van der Waals surface area contributed by atoms with Crippen LogP contribution in [0.2, 0.25) is 0 Å². The zero-order chi connectivity index (χ0) is 21.3. The third kappa shape index (κ3) is 3.70. The van der Waals surface area contributed by atoms with Crippen molar-refractivity contribution in [2.45, 2.75) is 6.92 Å². The number of aryl methyl sites for hydroxylation is 1. The normalized spacial score (nSPS) is 11.3. The van der Waals surface area contributed by atoms with Gasteiger partial charge in [0.1, 0.15) is 22.7 Å². The standard InChI is InChI=1S/C22H17N3O5/c1-13-3-7-21-18(9-13)24-22(30-21)14-4-8-20(29-2)17(11-14)23-12-15-10-16(25(27)28)5-6-19(15)26/h3-12,26H,1-2H3. The molecule has 0 atom stereocenters. The number of hydrogen-bond donors (Lipinski definition) is 1. The van der Waals surface area contributed by atoms with Gasteiger partial charge in [-0.2, -0.15) is 0 Å². The van der Waals surface area contributed by atoms with Gasteiger partial charge >= 0.3 is 0 Å². The van der Waals surface area contributed by atoms with E-state index in [0.29, 0.717) is 28.5 Å². The van der Waals surface area contributed by atoms with Crippen LogP contribution in [0.1, 0.15) is 11.1 Å². The molecule has 0 radical (unpaired) electrons. The van der Waals surface area contributed by atoms with Crippen LogP contribution in [-0.4, -0.2) is 28.3 Å². The number of phenols is 1. The fourth-order valence-corrected chi connectivity index (χ4v) is 2.98. The molecule has 1 aromatic heterocycles. The van der Waals surface area contributed by atoms with Crippen molar-refractivity contribution in [3.63, 3.8) is 0 Å². The van der Waals surface area contributed by atoms with E-state index in [1.165, 1.54) is 31.5 Å². The van der Waals surface area contributed by atoms with Crippen LogP contribution in [0.3, 0.4) is 0 Å². The zero-order valence-electron chi connectivity index (χ0n) is 16.2. The third-order valence-electron chi connectivity index (χ3n) is 4.53. The first-order valence-electron chi connectivity index (χ1n) is 9.01. The van der Waals surface area contributed by atoms with E-state index in [2.05, 4.69) is 9.98 Å². The van der Waals surface area contributed by atoms with Crippen LogP contribution in [0.4, 0.5) is 11.4 Å². The molecule has 0 unspecified atom stereocenters. The molecule has 150 valence electrons. The lowest BCUT2D eigenvalue weighted by Crippen LogP contribution is -1.91. The molecule has 0 spiro atoms. The van der Waals surface area contributed by atoms with Crippen LogP contribution in [0.25, 0.3) is 22.6 Å². The average molecular weight is 403 g/mol. The number of aromatic hydroxyl groups is 1. The van der Waals surface area contributed by atoms with E-state index in [4.69, 9.17) is 9.15 Å². The summed E-state index contributed by atoms with van der Waals surface area (Å²) in [5.74, 6) is 0.813. The Balaban J connectivity index is 1.73. The number of aromatic nitrogens is 1. The molecule has 1 heterocycles. The van der Waals surface area contributed by atoms with E-state index in [-0.39, 0.29) is 17.0 Å². The summed E-state index contributed by atoms with van der Waals surface area (Å²) in [4.78, 5) is 19.3. The van der Waals surface area contributed by atoms with Gasteiger partial charge in [-0.05, 0) is 48.9 Å². The SMILES string of the molecule is COc1ccc(-c2nc3cc(C)ccc3o2)cc1N=Cc1cc([N+](=O)[O-])ccc1O. The third-order valence-corrected chi connectivity index (χ3v) is 4.53. The maximum atomic E-state index is 11.0. The first-order valence-corrected chi connectivity index (χ1v) is 9.01. The summed E-state index contributed by atoms with van der Waals surface area (Å²) in [7, 11) is 1.51. The molecule has 0 fully saturated rings. The molecule has 0 saturated heterocycles. The van der Waals surface area contributed by atoms with Crippen molar-refractivity contribution in [3.8, 4) is 23.0 Å². The molecule has 0 amide bonds. The van der Waals surface area contributed by atoms with Gasteiger partial charge in [-0.25, -0.2) is 4.98 Å². The molecule has 8 heteroatoms. The fourth-order valence-electron chi connectivity index (χ4n) is 2.98. The van der Waals surface area contributed by atoms with Crippen molar-refractivity contribution < 1.29 is 19.2 Å². The summed E-state index contributed by atoms with van der Waals surface area (Å²) in [5, 5.41) is 21.0. The minimum absolute atomic E-state index is 0.117. The van der Waals surface area contributed by atoms with Crippen LogP contribution in [0.5, 0.6) is 11.5 Å². The average Bonchev–Trinajstić information content (AvgIpc) is 3.16. The molecule has 0 saturated carbocycles. The van der Waals surface area contributed by atoms with Gasteiger partial charge in [0, 0.05) is 29.5 Å². The number of benzene rings is 3. The second-order valence-electron chi connectivity index (χ2n) is 6.64. The molecular formula is C22H17N3O5. The summed E-state index contributed by atoms with van der Waals surface area (Å²) >= 11 is 0. The highest BCUT2D eigenvalue weighted by Crippen LogP contribution is 2.34. The number of oxazole rings is 1. The van der Waals surface area contributed by atoms with E-state index in [1.54, 1.807) is 18.2 Å². The first kappa shape index (κ1) is 19.1. The first-order chi connectivity index (χ1) is 14.4. The van der Waals surface area contributed by atoms with Crippen molar-refractivity contribution in [3.05, 3.63) is 75.8 Å². The van der Waals surface area contributed by atoms with Gasteiger partial charge in [0.05, 0.1) is 12.0 Å². The predicted octanol–water partition coefficient (Wildman–Crippen LogP) is 5.18. The van der Waals surface area contributed by atoms with Gasteiger partial charge in [-0.15, -0.1) is 0 Å². The van der Waals surface area contributed by atoms with Crippen molar-refractivity contribution in [2.75, 3.05) is 7.11 Å². The number of non-ortho nitro benzene ring substituents is 1. The second kappa shape index (κ2) is 7.67. The lowest BCUT2D eigenvalue weighted by molar-refractivity contribution is -0.384. The highest BCUT2D eigenvalue weighted by Gasteiger charge is 2.12. The highest BCUT2D eigenvalue weighted by atomic mass is 16.6. The Bertz CT molecular complexity index is 1290. The molecule has 0 bridgehead atoms. The number of aliphatic imine (C=N–C) groups is 1. The van der Waals surface area contributed by atoms with E-state index in [9.17, 15) is 15.2 Å². The lowest BCUT2D eigenvalue weighted by atomic mass is 10.1. The van der Waals surface area contributed by atoms with Crippen LogP contribution in [0.15, 0.2) is 64.0 Å². The van der Waals surface area contributed by atoms with Gasteiger partial charge in [-0.1, -0.05) is 6.07 Å². The molecule has 0 aliphatic carbocycles. The maximum Gasteiger partial charge on any atom is 0.270 e. The summed E-state index contributed by atoms with van der Waals surface area (Å²) in [6, 6.07) is 14.8. The Kier molecular flexibility index (Phi) is 4.89. The summed E-state index contributed by atoms with van der Waals surface area (Å²) in [5.41, 5.74) is 3.75. The number of methoxy groups -OCH3 is 1. The number of nitro benzene ring substituents is 1. The van der Waals surface area contributed by atoms with E-state index in [1.807, 2.05) is 25.1 Å². The summed E-state index contributed by atoms with van der Waals surface area (Å²) in [6.07, 6.45) is 1.35. The Hall–Kier alpha value is -4.20. The Labute approximate surface area is 171 Å². The molecule has 3 aromatic carbocycles. The van der Waals surface area contributed by atoms with E-state index >= 15 is 0 Å². The minimum Gasteiger partial charge on any atom is -0.507 e. The van der Waals surface area contributed by atoms with Crippen LogP contribution in [-0.2, 0) is 0 Å². The number of ether oxygens (including phenoxy) is 1. The molecule has 1 N–H and O–H groups in total. The van der Waals surface area contributed by atoms with E-state index < -0.39 is 4.92 Å². The lowest BCUT2D eigenvalue weighted by Gasteiger charge is -2.06. The predicted molar refractivity (Wildman–Crippen MR) is 113 cm³/mol. The van der Waals surface area contributed by atoms with Gasteiger partial charge in [0.2, 0.25) is 5.89 Å². The molecule has 4 rings (SSSR count). The Morgan fingerprint density at radius 1 is 1.17 bits per heavy atom. The quantitative estimate of drug-likeness (QED) is 0.279. The number of phenolic OH excluding ortho intramolecular Hbond substituents is 1. The van der Waals surface area contributed by atoms with Gasteiger partial charge in [-0.3, -0.25) is 15.1 Å². The second-order valence-corrected chi connectivity index (χ2v) is 6.64. The number of hydrogen-bond acceptors (Lipinski definition) is 7. The van der Waals surface area contributed by atoms with Crippen LogP contribution < -0.4 is 4.74 Å². The maximum absolute atomic E-state index is 11.0. The Morgan fingerprint density at radius 3 is 2.77 bits per heavy atom. The van der Waals surface area contributed by atoms with Crippen molar-refractivity contribution >= 4 is 28.7 Å². The molecule has 0 aliphatic heterocycles. The largest absolute Gasteiger partial charge is 0.507 e. The van der Waals surface area contributed by atoms with Gasteiger partial charge < -0.3 is 14.3 Å². The minimum atomic E-state index is -0.535. The van der Waals surface area contributed by atoms with Gasteiger partial charge in [0.25, 0.3) is 5.69 Å². The monoisotopic (exact) mass is 403 g/mol. The fraction of sp³-hybridized carbons (Fsp3) is 0.0909. The number of nitrogens with zero attached hydrogens (tertiary/aromatic N) is 3. The molecule has 30 heavy (non-hydrogen) atoms. The molecule has 0 aliphatic rings. The molecule has 8 nitrogen and oxygen atoms in total. The van der Waals surface area contributed by atoms with Crippen molar-refractivity contribution in [1.29, 1.82) is 0 Å². The smallest absolute Gasteiger partial charge is 0.270 e. The Morgan fingerprint density at radius 2 is 2.00 bits per heavy atom. The van der Waals surface area contributed by atoms with Crippen molar-refractivity contribution in [2.24, 2.45) is 4.99 Å².